The quantitative estimate of drug-likeness (QED) is 0.836. The van der Waals surface area contributed by atoms with Crippen molar-refractivity contribution in [1.82, 2.24) is 4.98 Å². The van der Waals surface area contributed by atoms with Crippen LogP contribution in [-0.4, -0.2) is 16.8 Å². The largest absolute Gasteiger partial charge is 0.326 e. The molecule has 2 N–H and O–H groups in total. The lowest BCUT2D eigenvalue weighted by Crippen LogP contribution is -2.27. The summed E-state index contributed by atoms with van der Waals surface area (Å²) in [6, 6.07) is 7.12. The monoisotopic (exact) mass is 359 g/mol. The second-order valence-electron chi connectivity index (χ2n) is 8.02. The molecule has 25 heavy (non-hydrogen) atoms. The van der Waals surface area contributed by atoms with Gasteiger partial charge in [0.1, 0.15) is 4.88 Å². The minimum absolute atomic E-state index is 0.0757. The third kappa shape index (κ3) is 5.13. The van der Waals surface area contributed by atoms with Gasteiger partial charge in [-0.25, -0.2) is 4.98 Å². The van der Waals surface area contributed by atoms with E-state index in [1.54, 1.807) is 30.5 Å². The van der Waals surface area contributed by atoms with Crippen molar-refractivity contribution in [2.24, 2.45) is 5.41 Å². The van der Waals surface area contributed by atoms with Crippen molar-refractivity contribution in [2.75, 3.05) is 10.6 Å². The van der Waals surface area contributed by atoms with Crippen LogP contribution in [0.1, 0.15) is 56.2 Å². The number of carbonyl (C=O) groups excluding carboxylic acids is 2. The summed E-state index contributed by atoms with van der Waals surface area (Å²) in [5.41, 5.74) is 0.714. The molecule has 6 heteroatoms. The Labute approximate surface area is 152 Å². The van der Waals surface area contributed by atoms with Crippen LogP contribution in [0.4, 0.5) is 11.4 Å². The van der Waals surface area contributed by atoms with Gasteiger partial charge in [0.2, 0.25) is 5.91 Å². The van der Waals surface area contributed by atoms with Crippen LogP contribution in [0.5, 0.6) is 0 Å². The number of rotatable bonds is 3. The average Bonchev–Trinajstić information content (AvgIpc) is 2.96. The van der Waals surface area contributed by atoms with E-state index in [1.807, 2.05) is 20.8 Å². The Balaban J connectivity index is 2.10. The number of benzene rings is 1. The number of nitrogens with one attached hydrogen (secondary N) is 2. The van der Waals surface area contributed by atoms with E-state index in [0.29, 0.717) is 16.3 Å². The van der Waals surface area contributed by atoms with Crippen LogP contribution in [0.2, 0.25) is 0 Å². The number of hydrogen-bond acceptors (Lipinski definition) is 4. The van der Waals surface area contributed by atoms with E-state index in [1.165, 1.54) is 11.3 Å². The Kier molecular flexibility index (Phi) is 5.32. The predicted molar refractivity (Wildman–Crippen MR) is 103 cm³/mol. The van der Waals surface area contributed by atoms with Crippen molar-refractivity contribution in [3.8, 4) is 0 Å². The van der Waals surface area contributed by atoms with E-state index in [9.17, 15) is 9.59 Å². The molecule has 1 heterocycles. The third-order valence-corrected chi connectivity index (χ3v) is 4.85. The second kappa shape index (κ2) is 6.96. The van der Waals surface area contributed by atoms with Gasteiger partial charge in [0, 0.05) is 22.2 Å². The van der Waals surface area contributed by atoms with Gasteiger partial charge < -0.3 is 10.6 Å². The Bertz CT molecular complexity index is 782. The molecule has 0 aliphatic rings. The molecule has 0 spiro atoms. The fourth-order valence-electron chi connectivity index (χ4n) is 1.91. The molecule has 0 saturated carbocycles. The minimum Gasteiger partial charge on any atom is -0.326 e. The Morgan fingerprint density at radius 3 is 2.12 bits per heavy atom. The topological polar surface area (TPSA) is 71.1 Å². The van der Waals surface area contributed by atoms with E-state index in [2.05, 4.69) is 36.4 Å². The highest BCUT2D eigenvalue weighted by atomic mass is 32.1. The van der Waals surface area contributed by atoms with Gasteiger partial charge in [-0.15, -0.1) is 11.3 Å². The van der Waals surface area contributed by atoms with Crippen molar-refractivity contribution < 1.29 is 9.59 Å². The Morgan fingerprint density at radius 2 is 1.60 bits per heavy atom. The summed E-state index contributed by atoms with van der Waals surface area (Å²) in [6.07, 6.45) is 1.60. The number of aromatic nitrogens is 1. The maximum Gasteiger partial charge on any atom is 0.267 e. The van der Waals surface area contributed by atoms with Crippen LogP contribution < -0.4 is 10.6 Å². The summed E-state index contributed by atoms with van der Waals surface area (Å²) in [7, 11) is 0. The van der Waals surface area contributed by atoms with Crippen LogP contribution in [0, 0.1) is 5.41 Å². The SMILES string of the molecule is CC(C)(C)C(=O)Nc1cccc(NC(=O)c2cnc(C(C)(C)C)s2)c1. The molecule has 0 bridgehead atoms. The molecule has 0 saturated heterocycles. The van der Waals surface area contributed by atoms with Crippen molar-refractivity contribution in [3.63, 3.8) is 0 Å². The number of amides is 2. The number of thiazole rings is 1. The van der Waals surface area contributed by atoms with Crippen molar-refractivity contribution >= 4 is 34.5 Å². The van der Waals surface area contributed by atoms with E-state index in [-0.39, 0.29) is 17.2 Å². The van der Waals surface area contributed by atoms with Gasteiger partial charge in [-0.1, -0.05) is 47.6 Å². The van der Waals surface area contributed by atoms with Gasteiger partial charge in [0.25, 0.3) is 5.91 Å². The molecular formula is C19H25N3O2S. The molecule has 2 aromatic rings. The molecule has 0 fully saturated rings. The fourth-order valence-corrected chi connectivity index (χ4v) is 2.78. The average molecular weight is 359 g/mol. The maximum absolute atomic E-state index is 12.4. The number of hydrogen-bond donors (Lipinski definition) is 2. The van der Waals surface area contributed by atoms with Crippen molar-refractivity contribution in [3.05, 3.63) is 40.3 Å². The first-order chi connectivity index (χ1) is 11.5. The highest BCUT2D eigenvalue weighted by molar-refractivity contribution is 7.13. The molecule has 1 aromatic carbocycles. The molecule has 0 aliphatic carbocycles. The van der Waals surface area contributed by atoms with E-state index < -0.39 is 5.41 Å². The van der Waals surface area contributed by atoms with Gasteiger partial charge >= 0.3 is 0 Å². The molecule has 0 unspecified atom stereocenters. The second-order valence-corrected chi connectivity index (χ2v) is 9.05. The molecule has 0 atom stereocenters. The van der Waals surface area contributed by atoms with E-state index >= 15 is 0 Å². The lowest BCUT2D eigenvalue weighted by atomic mass is 9.95. The molecule has 1 aromatic heterocycles. The van der Waals surface area contributed by atoms with Gasteiger partial charge in [-0.3, -0.25) is 9.59 Å². The smallest absolute Gasteiger partial charge is 0.267 e. The summed E-state index contributed by atoms with van der Waals surface area (Å²) >= 11 is 1.39. The van der Waals surface area contributed by atoms with Gasteiger partial charge in [0.15, 0.2) is 0 Å². The van der Waals surface area contributed by atoms with Crippen molar-refractivity contribution in [2.45, 2.75) is 47.0 Å². The van der Waals surface area contributed by atoms with Crippen LogP contribution >= 0.6 is 11.3 Å². The summed E-state index contributed by atoms with van der Waals surface area (Å²) < 4.78 is 0. The maximum atomic E-state index is 12.4. The number of anilines is 2. The normalized spacial score (nSPS) is 11.9. The lowest BCUT2D eigenvalue weighted by molar-refractivity contribution is -0.123. The van der Waals surface area contributed by atoms with Crippen molar-refractivity contribution in [1.29, 1.82) is 0 Å². The molecule has 2 amide bonds. The molecular weight excluding hydrogens is 334 g/mol. The fraction of sp³-hybridized carbons (Fsp3) is 0.421. The van der Waals surface area contributed by atoms with Crippen LogP contribution in [0.3, 0.4) is 0 Å². The molecule has 5 nitrogen and oxygen atoms in total. The standard InChI is InChI=1S/C19H25N3O2S/c1-18(2,3)16(24)22-13-9-7-8-12(10-13)21-15(23)14-11-20-17(25-14)19(4,5)6/h7-11H,1-6H3,(H,21,23)(H,22,24). The molecule has 0 aliphatic heterocycles. The zero-order chi connectivity index (χ0) is 18.8. The Morgan fingerprint density at radius 1 is 1.00 bits per heavy atom. The van der Waals surface area contributed by atoms with E-state index in [4.69, 9.17) is 0 Å². The minimum atomic E-state index is -0.481. The first-order valence-corrected chi connectivity index (χ1v) is 8.97. The third-order valence-electron chi connectivity index (χ3n) is 3.43. The van der Waals surface area contributed by atoms with Crippen LogP contribution in [0.25, 0.3) is 0 Å². The van der Waals surface area contributed by atoms with Gasteiger partial charge in [-0.2, -0.15) is 0 Å². The molecule has 0 radical (unpaired) electrons. The zero-order valence-electron chi connectivity index (χ0n) is 15.6. The molecule has 134 valence electrons. The zero-order valence-corrected chi connectivity index (χ0v) is 16.4. The summed E-state index contributed by atoms with van der Waals surface area (Å²) in [4.78, 5) is 29.4. The van der Waals surface area contributed by atoms with Gasteiger partial charge in [0.05, 0.1) is 11.2 Å². The summed E-state index contributed by atoms with van der Waals surface area (Å²) in [5.74, 6) is -0.277. The first kappa shape index (κ1) is 19.1. The van der Waals surface area contributed by atoms with Crippen LogP contribution in [0.15, 0.2) is 30.5 Å². The molecule has 2 rings (SSSR count). The highest BCUT2D eigenvalue weighted by Gasteiger charge is 2.22. The predicted octanol–water partition coefficient (Wildman–Crippen LogP) is 4.68. The summed E-state index contributed by atoms with van der Waals surface area (Å²) in [5, 5.41) is 6.64. The Hall–Kier alpha value is -2.21. The lowest BCUT2D eigenvalue weighted by Gasteiger charge is -2.18. The highest BCUT2D eigenvalue weighted by Crippen LogP contribution is 2.27. The summed E-state index contributed by atoms with van der Waals surface area (Å²) in [6.45, 7) is 11.7. The van der Waals surface area contributed by atoms with Gasteiger partial charge in [-0.05, 0) is 18.2 Å². The van der Waals surface area contributed by atoms with E-state index in [0.717, 1.165) is 5.01 Å². The first-order valence-electron chi connectivity index (χ1n) is 8.16. The van der Waals surface area contributed by atoms with Crippen LogP contribution in [-0.2, 0) is 10.2 Å². The number of carbonyl (C=O) groups is 2. The number of nitrogens with zero attached hydrogens (tertiary/aromatic N) is 1.